The van der Waals surface area contributed by atoms with Crippen LogP contribution in [0.5, 0.6) is 0 Å². The van der Waals surface area contributed by atoms with E-state index in [4.69, 9.17) is 11.6 Å². The molecule has 0 spiro atoms. The van der Waals surface area contributed by atoms with E-state index in [0.717, 1.165) is 6.07 Å². The van der Waals surface area contributed by atoms with Crippen molar-refractivity contribution in [3.63, 3.8) is 0 Å². The first-order valence-electron chi connectivity index (χ1n) is 6.34. The van der Waals surface area contributed by atoms with Crippen molar-refractivity contribution < 1.29 is 21.6 Å². The Morgan fingerprint density at radius 1 is 1.24 bits per heavy atom. The predicted octanol–water partition coefficient (Wildman–Crippen LogP) is 4.05. The molecule has 3 nitrogen and oxygen atoms in total. The van der Waals surface area contributed by atoms with Crippen LogP contribution in [0.15, 0.2) is 29.2 Å². The fourth-order valence-corrected chi connectivity index (χ4v) is 2.99. The molecule has 0 aliphatic carbocycles. The lowest BCUT2D eigenvalue weighted by atomic mass is 10.0. The summed E-state index contributed by atoms with van der Waals surface area (Å²) in [6.45, 7) is 3.76. The van der Waals surface area contributed by atoms with Crippen molar-refractivity contribution >= 4 is 27.1 Å². The second-order valence-electron chi connectivity index (χ2n) is 4.92. The highest BCUT2D eigenvalue weighted by molar-refractivity contribution is 7.92. The van der Waals surface area contributed by atoms with Crippen LogP contribution in [0.1, 0.15) is 20.3 Å². The Morgan fingerprint density at radius 2 is 1.81 bits per heavy atom. The maximum absolute atomic E-state index is 12.7. The van der Waals surface area contributed by atoms with Crippen LogP contribution < -0.4 is 5.32 Å². The molecule has 8 heteroatoms. The Hall–Kier alpha value is -0.950. The van der Waals surface area contributed by atoms with Gasteiger partial charge in [-0.1, -0.05) is 26.0 Å². The molecule has 0 fully saturated rings. The van der Waals surface area contributed by atoms with Crippen molar-refractivity contribution in [2.45, 2.75) is 36.7 Å². The van der Waals surface area contributed by atoms with Crippen molar-refractivity contribution in [1.82, 2.24) is 0 Å². The second kappa shape index (κ2) is 6.87. The van der Waals surface area contributed by atoms with Gasteiger partial charge in [-0.3, -0.25) is 0 Å². The van der Waals surface area contributed by atoms with Gasteiger partial charge in [-0.25, -0.2) is 8.42 Å². The highest BCUT2D eigenvalue weighted by Gasteiger charge is 2.48. The lowest BCUT2D eigenvalue weighted by Gasteiger charge is -2.24. The van der Waals surface area contributed by atoms with Crippen LogP contribution in [0, 0.1) is 5.92 Å². The number of halogens is 4. The minimum absolute atomic E-state index is 0.0568. The van der Waals surface area contributed by atoms with Crippen LogP contribution in [-0.2, 0) is 9.84 Å². The van der Waals surface area contributed by atoms with Crippen molar-refractivity contribution in [3.05, 3.63) is 24.3 Å². The van der Waals surface area contributed by atoms with Crippen LogP contribution in [0.3, 0.4) is 0 Å². The third-order valence-corrected chi connectivity index (χ3v) is 4.81. The van der Waals surface area contributed by atoms with E-state index in [1.807, 2.05) is 13.8 Å². The summed E-state index contributed by atoms with van der Waals surface area (Å²) in [7, 11) is -5.39. The molecule has 0 aliphatic rings. The molecule has 0 radical (unpaired) electrons. The van der Waals surface area contributed by atoms with Gasteiger partial charge >= 0.3 is 5.51 Å². The molecule has 1 N–H and O–H groups in total. The van der Waals surface area contributed by atoms with Crippen molar-refractivity contribution in [3.8, 4) is 0 Å². The molecule has 1 unspecified atom stereocenters. The first-order chi connectivity index (χ1) is 9.61. The number of rotatable bonds is 6. The number of nitrogens with one attached hydrogen (secondary N) is 1. The van der Waals surface area contributed by atoms with E-state index in [1.54, 1.807) is 0 Å². The topological polar surface area (TPSA) is 46.2 Å². The third kappa shape index (κ3) is 4.26. The average Bonchev–Trinajstić information content (AvgIpc) is 2.37. The monoisotopic (exact) mass is 343 g/mol. The molecule has 0 aliphatic heterocycles. The summed E-state index contributed by atoms with van der Waals surface area (Å²) in [5, 5.41) is 2.86. The maximum Gasteiger partial charge on any atom is 0.501 e. The number of sulfone groups is 1. The van der Waals surface area contributed by atoms with E-state index in [0.29, 0.717) is 12.3 Å². The third-order valence-electron chi connectivity index (χ3n) is 3.05. The molecular formula is C13H17ClF3NO2S. The summed E-state index contributed by atoms with van der Waals surface area (Å²) in [5.74, 6) is 0.412. The van der Waals surface area contributed by atoms with Gasteiger partial charge in [0.2, 0.25) is 0 Å². The molecule has 1 aromatic rings. The zero-order chi connectivity index (χ0) is 16.3. The molecular weight excluding hydrogens is 327 g/mol. The van der Waals surface area contributed by atoms with Crippen molar-refractivity contribution in [1.29, 1.82) is 0 Å². The van der Waals surface area contributed by atoms with E-state index < -0.39 is 20.2 Å². The number of hydrogen-bond donors (Lipinski definition) is 1. The summed E-state index contributed by atoms with van der Waals surface area (Å²) in [6, 6.07) is 4.80. The number of para-hydroxylation sites is 1. The van der Waals surface area contributed by atoms with E-state index in [9.17, 15) is 21.6 Å². The van der Waals surface area contributed by atoms with Crippen molar-refractivity contribution in [2.75, 3.05) is 11.2 Å². The Labute approximate surface area is 127 Å². The van der Waals surface area contributed by atoms with Crippen LogP contribution in [-0.4, -0.2) is 25.8 Å². The zero-order valence-corrected chi connectivity index (χ0v) is 13.2. The molecule has 0 saturated heterocycles. The predicted molar refractivity (Wildman–Crippen MR) is 77.3 cm³/mol. The molecule has 21 heavy (non-hydrogen) atoms. The SMILES string of the molecule is CC(C)C(CCCl)Nc1ccccc1S(=O)(=O)C(F)(F)F. The van der Waals surface area contributed by atoms with Crippen LogP contribution in [0.2, 0.25) is 0 Å². The van der Waals surface area contributed by atoms with Crippen LogP contribution in [0.4, 0.5) is 18.9 Å². The summed E-state index contributed by atoms with van der Waals surface area (Å²) in [6.07, 6.45) is 0.514. The van der Waals surface area contributed by atoms with E-state index in [2.05, 4.69) is 5.32 Å². The van der Waals surface area contributed by atoms with Gasteiger partial charge in [-0.2, -0.15) is 13.2 Å². The van der Waals surface area contributed by atoms with E-state index in [-0.39, 0.29) is 17.6 Å². The lowest BCUT2D eigenvalue weighted by Crippen LogP contribution is -2.29. The number of alkyl halides is 4. The van der Waals surface area contributed by atoms with Gasteiger partial charge in [0.05, 0.1) is 10.6 Å². The highest BCUT2D eigenvalue weighted by Crippen LogP contribution is 2.34. The number of hydrogen-bond acceptors (Lipinski definition) is 3. The first kappa shape index (κ1) is 18.1. The molecule has 1 aromatic carbocycles. The molecule has 0 amide bonds. The van der Waals surface area contributed by atoms with E-state index >= 15 is 0 Å². The highest BCUT2D eigenvalue weighted by atomic mass is 35.5. The summed E-state index contributed by atoms with van der Waals surface area (Å²) >= 11 is 5.67. The molecule has 1 rings (SSSR count). The molecule has 0 aromatic heterocycles. The zero-order valence-electron chi connectivity index (χ0n) is 11.6. The summed E-state index contributed by atoms with van der Waals surface area (Å²) in [5.41, 5.74) is -5.39. The molecule has 0 bridgehead atoms. The summed E-state index contributed by atoms with van der Waals surface area (Å²) < 4.78 is 61.3. The van der Waals surface area contributed by atoms with Gasteiger partial charge < -0.3 is 5.32 Å². The standard InChI is InChI=1S/C13H17ClF3NO2S/c1-9(2)10(7-8-14)18-11-5-3-4-6-12(11)21(19,20)13(15,16)17/h3-6,9-10,18H,7-8H2,1-2H3. The molecule has 0 heterocycles. The molecule has 1 atom stereocenters. The van der Waals surface area contributed by atoms with Crippen LogP contribution >= 0.6 is 11.6 Å². The Balaban J connectivity index is 3.22. The molecule has 120 valence electrons. The van der Waals surface area contributed by atoms with Crippen LogP contribution in [0.25, 0.3) is 0 Å². The minimum atomic E-state index is -5.39. The van der Waals surface area contributed by atoms with Gasteiger partial charge in [0.25, 0.3) is 9.84 Å². The Morgan fingerprint density at radius 3 is 2.29 bits per heavy atom. The number of benzene rings is 1. The fraction of sp³-hybridized carbons (Fsp3) is 0.538. The van der Waals surface area contributed by atoms with E-state index in [1.165, 1.54) is 18.2 Å². The summed E-state index contributed by atoms with van der Waals surface area (Å²) in [4.78, 5) is -0.766. The van der Waals surface area contributed by atoms with Gasteiger partial charge in [0.15, 0.2) is 0 Å². The van der Waals surface area contributed by atoms with Gasteiger partial charge in [-0.05, 0) is 24.5 Å². The molecule has 0 saturated carbocycles. The smallest absolute Gasteiger partial charge is 0.381 e. The van der Waals surface area contributed by atoms with Gasteiger partial charge in [0, 0.05) is 11.9 Å². The van der Waals surface area contributed by atoms with Gasteiger partial charge in [-0.15, -0.1) is 11.6 Å². The first-order valence-corrected chi connectivity index (χ1v) is 8.36. The van der Waals surface area contributed by atoms with Crippen molar-refractivity contribution in [2.24, 2.45) is 5.92 Å². The number of anilines is 1. The second-order valence-corrected chi connectivity index (χ2v) is 7.21. The average molecular weight is 344 g/mol. The largest absolute Gasteiger partial charge is 0.501 e. The quantitative estimate of drug-likeness (QED) is 0.793. The maximum atomic E-state index is 12.7. The minimum Gasteiger partial charge on any atom is -0.381 e. The normalized spacial score (nSPS) is 14.2. The lowest BCUT2D eigenvalue weighted by molar-refractivity contribution is -0.0435. The Bertz CT molecular complexity index is 573. The fourth-order valence-electron chi connectivity index (χ4n) is 1.83. The van der Waals surface area contributed by atoms with Gasteiger partial charge in [0.1, 0.15) is 0 Å². The Kier molecular flexibility index (Phi) is 5.92.